The minimum absolute atomic E-state index is 0.00317. The molecule has 1 unspecified atom stereocenters. The van der Waals surface area contributed by atoms with Crippen LogP contribution in [0.3, 0.4) is 0 Å². The number of rotatable bonds is 5. The van der Waals surface area contributed by atoms with Gasteiger partial charge in [0.25, 0.3) is 0 Å². The maximum absolute atomic E-state index is 12.7. The molecule has 21 heavy (non-hydrogen) atoms. The summed E-state index contributed by atoms with van der Waals surface area (Å²) in [6.45, 7) is 2.27. The van der Waals surface area contributed by atoms with Crippen molar-refractivity contribution < 1.29 is 19.5 Å². The zero-order chi connectivity index (χ0) is 15.5. The second-order valence-corrected chi connectivity index (χ2v) is 6.72. The van der Waals surface area contributed by atoms with Gasteiger partial charge in [-0.3, -0.25) is 19.3 Å². The fourth-order valence-electron chi connectivity index (χ4n) is 3.61. The summed E-state index contributed by atoms with van der Waals surface area (Å²) in [7, 11) is 0. The molecule has 5 nitrogen and oxygen atoms in total. The lowest BCUT2D eigenvalue weighted by molar-refractivity contribution is -0.142. The third-order valence-electron chi connectivity index (χ3n) is 4.90. The SMILES string of the molecule is CC(CCC(=O)O)CN1C(=O)CC2(CCCCCC2)C1=O. The molecule has 2 rings (SSSR count). The topological polar surface area (TPSA) is 74.7 Å². The molecule has 0 bridgehead atoms. The molecule has 1 N–H and O–H groups in total. The van der Waals surface area contributed by atoms with Crippen molar-refractivity contribution >= 4 is 17.8 Å². The van der Waals surface area contributed by atoms with Crippen molar-refractivity contribution in [2.24, 2.45) is 11.3 Å². The van der Waals surface area contributed by atoms with Crippen LogP contribution in [0.4, 0.5) is 0 Å². The molecule has 0 aromatic carbocycles. The van der Waals surface area contributed by atoms with Gasteiger partial charge < -0.3 is 5.11 Å². The van der Waals surface area contributed by atoms with Gasteiger partial charge in [0.2, 0.25) is 11.8 Å². The Morgan fingerprint density at radius 3 is 2.43 bits per heavy atom. The summed E-state index contributed by atoms with van der Waals surface area (Å²) < 4.78 is 0. The first-order valence-corrected chi connectivity index (χ1v) is 8.01. The summed E-state index contributed by atoms with van der Waals surface area (Å²) in [6, 6.07) is 0. The van der Waals surface area contributed by atoms with Gasteiger partial charge in [-0.05, 0) is 25.2 Å². The van der Waals surface area contributed by atoms with E-state index in [2.05, 4.69) is 0 Å². The Hall–Kier alpha value is -1.39. The highest BCUT2D eigenvalue weighted by atomic mass is 16.4. The Morgan fingerprint density at radius 2 is 1.86 bits per heavy atom. The van der Waals surface area contributed by atoms with Gasteiger partial charge in [0, 0.05) is 19.4 Å². The number of carboxylic acid groups (broad SMARTS) is 1. The maximum Gasteiger partial charge on any atom is 0.303 e. The molecule has 1 spiro atoms. The summed E-state index contributed by atoms with van der Waals surface area (Å²) in [5.41, 5.74) is -0.444. The van der Waals surface area contributed by atoms with Gasteiger partial charge in [0.1, 0.15) is 0 Å². The molecular weight excluding hydrogens is 270 g/mol. The van der Waals surface area contributed by atoms with Crippen LogP contribution in [0.25, 0.3) is 0 Å². The average Bonchev–Trinajstić information content (AvgIpc) is 2.62. The van der Waals surface area contributed by atoms with Crippen LogP contribution in [-0.4, -0.2) is 34.3 Å². The minimum Gasteiger partial charge on any atom is -0.481 e. The van der Waals surface area contributed by atoms with Crippen molar-refractivity contribution in [2.75, 3.05) is 6.54 Å². The summed E-state index contributed by atoms with van der Waals surface area (Å²) in [6.07, 6.45) is 6.97. The lowest BCUT2D eigenvalue weighted by atomic mass is 9.79. The average molecular weight is 295 g/mol. The summed E-state index contributed by atoms with van der Waals surface area (Å²) in [4.78, 5) is 36.9. The predicted octanol–water partition coefficient (Wildman–Crippen LogP) is 2.59. The first-order valence-electron chi connectivity index (χ1n) is 8.01. The lowest BCUT2D eigenvalue weighted by Crippen LogP contribution is -2.38. The summed E-state index contributed by atoms with van der Waals surface area (Å²) >= 11 is 0. The standard InChI is InChI=1S/C16H25NO4/c1-12(6-7-14(19)20)11-17-13(18)10-16(15(17)21)8-4-2-3-5-9-16/h12H,2-11H2,1H3,(H,19,20). The maximum atomic E-state index is 12.7. The fourth-order valence-corrected chi connectivity index (χ4v) is 3.61. The number of carbonyl (C=O) groups is 3. The molecule has 2 fully saturated rings. The van der Waals surface area contributed by atoms with Crippen LogP contribution in [0.1, 0.15) is 64.7 Å². The Balaban J connectivity index is 1.99. The normalized spacial score (nSPS) is 23.4. The van der Waals surface area contributed by atoms with Crippen LogP contribution in [0.15, 0.2) is 0 Å². The highest BCUT2D eigenvalue weighted by molar-refractivity contribution is 6.05. The number of hydrogen-bond donors (Lipinski definition) is 1. The smallest absolute Gasteiger partial charge is 0.303 e. The van der Waals surface area contributed by atoms with Crippen LogP contribution in [-0.2, 0) is 14.4 Å². The van der Waals surface area contributed by atoms with E-state index in [4.69, 9.17) is 5.11 Å². The Kier molecular flexibility index (Phi) is 5.01. The quantitative estimate of drug-likeness (QED) is 0.791. The van der Waals surface area contributed by atoms with Gasteiger partial charge in [0.15, 0.2) is 0 Å². The van der Waals surface area contributed by atoms with Crippen LogP contribution in [0.5, 0.6) is 0 Å². The molecule has 118 valence electrons. The number of aliphatic carboxylic acids is 1. The molecule has 0 radical (unpaired) electrons. The largest absolute Gasteiger partial charge is 0.481 e. The first kappa shape index (κ1) is 16.0. The van der Waals surface area contributed by atoms with Gasteiger partial charge in [-0.1, -0.05) is 32.6 Å². The highest BCUT2D eigenvalue weighted by Gasteiger charge is 2.50. The summed E-state index contributed by atoms with van der Waals surface area (Å²) in [5, 5.41) is 8.71. The first-order chi connectivity index (χ1) is 9.94. The molecule has 0 aromatic rings. The summed E-state index contributed by atoms with van der Waals surface area (Å²) in [5.74, 6) is -0.864. The van der Waals surface area contributed by atoms with Crippen molar-refractivity contribution in [3.63, 3.8) is 0 Å². The van der Waals surface area contributed by atoms with Crippen LogP contribution in [0, 0.1) is 11.3 Å². The lowest BCUT2D eigenvalue weighted by Gasteiger charge is -2.26. The van der Waals surface area contributed by atoms with E-state index in [0.29, 0.717) is 19.4 Å². The zero-order valence-corrected chi connectivity index (χ0v) is 12.8. The van der Waals surface area contributed by atoms with E-state index in [-0.39, 0.29) is 24.2 Å². The molecule has 0 aromatic heterocycles. The van der Waals surface area contributed by atoms with Gasteiger partial charge in [-0.25, -0.2) is 0 Å². The molecule has 5 heteroatoms. The number of carboxylic acids is 1. The van der Waals surface area contributed by atoms with Crippen molar-refractivity contribution in [1.82, 2.24) is 4.90 Å². The third kappa shape index (κ3) is 3.63. The molecule has 2 amide bonds. The second-order valence-electron chi connectivity index (χ2n) is 6.72. The number of carbonyl (C=O) groups excluding carboxylic acids is 2. The number of hydrogen-bond acceptors (Lipinski definition) is 3. The van der Waals surface area contributed by atoms with E-state index in [1.54, 1.807) is 0 Å². The van der Waals surface area contributed by atoms with E-state index in [1.807, 2.05) is 6.92 Å². The Bertz CT molecular complexity index is 424. The van der Waals surface area contributed by atoms with Crippen LogP contribution < -0.4 is 0 Å². The molecule has 1 aliphatic heterocycles. The van der Waals surface area contributed by atoms with E-state index < -0.39 is 11.4 Å². The number of imide groups is 1. The number of amides is 2. The molecule has 1 aliphatic carbocycles. The second kappa shape index (κ2) is 6.58. The van der Waals surface area contributed by atoms with Crippen molar-refractivity contribution in [3.8, 4) is 0 Å². The monoisotopic (exact) mass is 295 g/mol. The predicted molar refractivity (Wildman–Crippen MR) is 77.5 cm³/mol. The third-order valence-corrected chi connectivity index (χ3v) is 4.90. The van der Waals surface area contributed by atoms with Crippen LogP contribution in [0.2, 0.25) is 0 Å². The Morgan fingerprint density at radius 1 is 1.24 bits per heavy atom. The number of likely N-dealkylation sites (tertiary alicyclic amines) is 1. The fraction of sp³-hybridized carbons (Fsp3) is 0.812. The highest BCUT2D eigenvalue weighted by Crippen LogP contribution is 2.44. The van der Waals surface area contributed by atoms with E-state index in [1.165, 1.54) is 4.90 Å². The van der Waals surface area contributed by atoms with Gasteiger partial charge in [-0.15, -0.1) is 0 Å². The zero-order valence-electron chi connectivity index (χ0n) is 12.8. The molecule has 1 heterocycles. The van der Waals surface area contributed by atoms with Crippen molar-refractivity contribution in [3.05, 3.63) is 0 Å². The molecule has 1 saturated carbocycles. The molecular formula is C16H25NO4. The van der Waals surface area contributed by atoms with Gasteiger partial charge >= 0.3 is 5.97 Å². The number of nitrogens with zero attached hydrogens (tertiary/aromatic N) is 1. The molecule has 1 atom stereocenters. The van der Waals surface area contributed by atoms with Crippen molar-refractivity contribution in [1.29, 1.82) is 0 Å². The van der Waals surface area contributed by atoms with E-state index in [9.17, 15) is 14.4 Å². The van der Waals surface area contributed by atoms with Crippen molar-refractivity contribution in [2.45, 2.75) is 64.7 Å². The van der Waals surface area contributed by atoms with Gasteiger partial charge in [-0.2, -0.15) is 0 Å². The molecule has 2 aliphatic rings. The van der Waals surface area contributed by atoms with E-state index in [0.717, 1.165) is 38.5 Å². The van der Waals surface area contributed by atoms with Gasteiger partial charge in [0.05, 0.1) is 5.41 Å². The van der Waals surface area contributed by atoms with Crippen LogP contribution >= 0.6 is 0 Å². The Labute approximate surface area is 125 Å². The molecule has 1 saturated heterocycles. The van der Waals surface area contributed by atoms with E-state index >= 15 is 0 Å². The minimum atomic E-state index is -0.832.